The summed E-state index contributed by atoms with van der Waals surface area (Å²) < 4.78 is 18.0. The molecule has 1 amide bonds. The Hall–Kier alpha value is -2.74. The van der Waals surface area contributed by atoms with Gasteiger partial charge in [0.25, 0.3) is 5.91 Å². The summed E-state index contributed by atoms with van der Waals surface area (Å²) in [6, 6.07) is 6.37. The van der Waals surface area contributed by atoms with Gasteiger partial charge in [-0.3, -0.25) is 4.79 Å². The molecular formula is C14H11ClFN3O4. The summed E-state index contributed by atoms with van der Waals surface area (Å²) in [6.45, 7) is 1.11. The number of nitrogens with one attached hydrogen (secondary N) is 1. The van der Waals surface area contributed by atoms with E-state index in [1.165, 1.54) is 18.2 Å². The monoisotopic (exact) mass is 339 g/mol. The van der Waals surface area contributed by atoms with Crippen molar-refractivity contribution in [2.75, 3.05) is 11.9 Å². The molecule has 0 aliphatic heterocycles. The predicted molar refractivity (Wildman–Crippen MR) is 81.2 cm³/mol. The van der Waals surface area contributed by atoms with Gasteiger partial charge in [-0.15, -0.1) is 0 Å². The average Bonchev–Trinajstić information content (AvgIpc) is 2.48. The van der Waals surface area contributed by atoms with Crippen molar-refractivity contribution < 1.29 is 18.8 Å². The third-order valence-electron chi connectivity index (χ3n) is 2.72. The Balaban J connectivity index is 2.03. The summed E-state index contributed by atoms with van der Waals surface area (Å²) in [4.78, 5) is 25.7. The Morgan fingerprint density at radius 1 is 1.43 bits per heavy atom. The van der Waals surface area contributed by atoms with Gasteiger partial charge in [-0.25, -0.2) is 4.39 Å². The van der Waals surface area contributed by atoms with E-state index in [9.17, 15) is 19.3 Å². The van der Waals surface area contributed by atoms with E-state index >= 15 is 0 Å². The number of halogens is 2. The average molecular weight is 340 g/mol. The Kier molecular flexibility index (Phi) is 5.07. The second-order valence-corrected chi connectivity index (χ2v) is 4.90. The molecule has 0 bridgehead atoms. The Morgan fingerprint density at radius 3 is 2.83 bits per heavy atom. The summed E-state index contributed by atoms with van der Waals surface area (Å²) in [7, 11) is 0. The molecule has 0 fully saturated rings. The fourth-order valence-electron chi connectivity index (χ4n) is 1.69. The number of pyridine rings is 1. The van der Waals surface area contributed by atoms with Crippen LogP contribution in [0.5, 0.6) is 5.75 Å². The molecule has 0 radical (unpaired) electrons. The second kappa shape index (κ2) is 7.01. The zero-order valence-corrected chi connectivity index (χ0v) is 12.6. The number of aryl methyl sites for hydroxylation is 1. The van der Waals surface area contributed by atoms with E-state index in [0.717, 1.165) is 12.1 Å². The van der Waals surface area contributed by atoms with Crippen LogP contribution in [-0.4, -0.2) is 22.4 Å². The maximum atomic E-state index is 12.9. The van der Waals surface area contributed by atoms with Crippen LogP contribution in [-0.2, 0) is 4.79 Å². The molecule has 120 valence electrons. The molecule has 2 rings (SSSR count). The van der Waals surface area contributed by atoms with Crippen molar-refractivity contribution in [3.63, 3.8) is 0 Å². The maximum absolute atomic E-state index is 12.9. The molecule has 2 aromatic rings. The van der Waals surface area contributed by atoms with Crippen molar-refractivity contribution >= 4 is 29.0 Å². The lowest BCUT2D eigenvalue weighted by molar-refractivity contribution is -0.390. The standard InChI is InChI=1S/C14H11ClFN3O4/c1-8-2-5-12(14(17-8)19(21)22)23-7-13(20)18-11-4-3-9(16)6-10(11)15/h2-6H,7H2,1H3,(H,18,20). The van der Waals surface area contributed by atoms with Gasteiger partial charge >= 0.3 is 5.82 Å². The van der Waals surface area contributed by atoms with Crippen LogP contribution in [0, 0.1) is 22.9 Å². The lowest BCUT2D eigenvalue weighted by atomic mass is 10.3. The van der Waals surface area contributed by atoms with Crippen LogP contribution in [0.1, 0.15) is 5.69 Å². The van der Waals surface area contributed by atoms with E-state index in [0.29, 0.717) is 5.69 Å². The highest BCUT2D eigenvalue weighted by molar-refractivity contribution is 6.33. The van der Waals surface area contributed by atoms with Crippen molar-refractivity contribution in [2.24, 2.45) is 0 Å². The third-order valence-corrected chi connectivity index (χ3v) is 3.03. The summed E-state index contributed by atoms with van der Waals surface area (Å²) in [5.74, 6) is -1.74. The van der Waals surface area contributed by atoms with Gasteiger partial charge in [0.15, 0.2) is 6.61 Å². The lowest BCUT2D eigenvalue weighted by Gasteiger charge is -2.09. The van der Waals surface area contributed by atoms with Crippen LogP contribution in [0.15, 0.2) is 30.3 Å². The molecular weight excluding hydrogens is 329 g/mol. The first-order valence-corrected chi connectivity index (χ1v) is 6.74. The van der Waals surface area contributed by atoms with Crippen molar-refractivity contribution in [1.82, 2.24) is 4.98 Å². The third kappa shape index (κ3) is 4.36. The molecule has 7 nitrogen and oxygen atoms in total. The van der Waals surface area contributed by atoms with Crippen LogP contribution in [0.25, 0.3) is 0 Å². The molecule has 9 heteroatoms. The number of anilines is 1. The molecule has 0 aliphatic rings. The predicted octanol–water partition coefficient (Wildman–Crippen LogP) is 3.11. The van der Waals surface area contributed by atoms with Gasteiger partial charge < -0.3 is 20.2 Å². The molecule has 1 N–H and O–H groups in total. The molecule has 0 aliphatic carbocycles. The number of benzene rings is 1. The molecule has 1 aromatic heterocycles. The number of nitrogens with zero attached hydrogens (tertiary/aromatic N) is 2. The molecule has 0 unspecified atom stereocenters. The van der Waals surface area contributed by atoms with E-state index in [4.69, 9.17) is 16.3 Å². The summed E-state index contributed by atoms with van der Waals surface area (Å²) in [5, 5.41) is 13.3. The van der Waals surface area contributed by atoms with Crippen LogP contribution in [0.2, 0.25) is 5.02 Å². The topological polar surface area (TPSA) is 94.4 Å². The summed E-state index contributed by atoms with van der Waals surface area (Å²) >= 11 is 5.78. The first-order valence-electron chi connectivity index (χ1n) is 6.36. The minimum atomic E-state index is -0.697. The van der Waals surface area contributed by atoms with Crippen LogP contribution < -0.4 is 10.1 Å². The van der Waals surface area contributed by atoms with E-state index in [2.05, 4.69) is 10.3 Å². The highest BCUT2D eigenvalue weighted by Gasteiger charge is 2.18. The van der Waals surface area contributed by atoms with Gasteiger partial charge in [0.1, 0.15) is 11.5 Å². The number of amides is 1. The van der Waals surface area contributed by atoms with E-state index in [1.54, 1.807) is 6.92 Å². The number of carbonyl (C=O) groups is 1. The van der Waals surface area contributed by atoms with Crippen molar-refractivity contribution in [3.8, 4) is 5.75 Å². The zero-order valence-electron chi connectivity index (χ0n) is 11.9. The smallest absolute Gasteiger partial charge is 0.406 e. The fourth-order valence-corrected chi connectivity index (χ4v) is 1.91. The fraction of sp³-hybridized carbons (Fsp3) is 0.143. The van der Waals surface area contributed by atoms with Gasteiger partial charge in [-0.05, 0) is 40.2 Å². The summed E-state index contributed by atoms with van der Waals surface area (Å²) in [5.41, 5.74) is 0.657. The van der Waals surface area contributed by atoms with Crippen molar-refractivity contribution in [3.05, 3.63) is 57.0 Å². The number of carbonyl (C=O) groups excluding carboxylic acids is 1. The SMILES string of the molecule is Cc1ccc(OCC(=O)Nc2ccc(F)cc2Cl)c([N+](=O)[O-])n1. The van der Waals surface area contributed by atoms with Crippen LogP contribution >= 0.6 is 11.6 Å². The van der Waals surface area contributed by atoms with Crippen molar-refractivity contribution in [1.29, 1.82) is 0 Å². The molecule has 0 saturated heterocycles. The zero-order chi connectivity index (χ0) is 17.0. The minimum absolute atomic E-state index is 0.0290. The number of hydrogen-bond acceptors (Lipinski definition) is 5. The maximum Gasteiger partial charge on any atom is 0.406 e. The number of hydrogen-bond donors (Lipinski definition) is 1. The Morgan fingerprint density at radius 2 is 2.17 bits per heavy atom. The van der Waals surface area contributed by atoms with E-state index in [-0.39, 0.29) is 16.5 Å². The molecule has 1 heterocycles. The van der Waals surface area contributed by atoms with Crippen molar-refractivity contribution in [2.45, 2.75) is 6.92 Å². The van der Waals surface area contributed by atoms with Gasteiger partial charge in [-0.1, -0.05) is 11.6 Å². The first kappa shape index (κ1) is 16.6. The van der Waals surface area contributed by atoms with Gasteiger partial charge in [-0.2, -0.15) is 0 Å². The minimum Gasteiger partial charge on any atom is -0.476 e. The lowest BCUT2D eigenvalue weighted by Crippen LogP contribution is -2.20. The second-order valence-electron chi connectivity index (χ2n) is 4.49. The first-order chi connectivity index (χ1) is 10.9. The molecule has 23 heavy (non-hydrogen) atoms. The largest absolute Gasteiger partial charge is 0.476 e. The number of aromatic nitrogens is 1. The molecule has 0 saturated carbocycles. The highest BCUT2D eigenvalue weighted by atomic mass is 35.5. The van der Waals surface area contributed by atoms with Gasteiger partial charge in [0, 0.05) is 6.92 Å². The highest BCUT2D eigenvalue weighted by Crippen LogP contribution is 2.25. The van der Waals surface area contributed by atoms with Crippen LogP contribution in [0.4, 0.5) is 15.9 Å². The van der Waals surface area contributed by atoms with E-state index in [1.807, 2.05) is 0 Å². The number of ether oxygens (including phenoxy) is 1. The van der Waals surface area contributed by atoms with Crippen LogP contribution in [0.3, 0.4) is 0 Å². The quantitative estimate of drug-likeness (QED) is 0.667. The summed E-state index contributed by atoms with van der Waals surface area (Å²) in [6.07, 6.45) is 0. The number of nitro groups is 1. The molecule has 1 aromatic carbocycles. The van der Waals surface area contributed by atoms with Gasteiger partial charge in [0.2, 0.25) is 5.75 Å². The Bertz CT molecular complexity index is 770. The Labute approximate surface area is 135 Å². The van der Waals surface area contributed by atoms with Gasteiger partial charge in [0.05, 0.1) is 10.7 Å². The van der Waals surface area contributed by atoms with E-state index < -0.39 is 29.1 Å². The molecule has 0 spiro atoms. The normalized spacial score (nSPS) is 10.2. The number of rotatable bonds is 5. The molecule has 0 atom stereocenters.